The van der Waals surface area contributed by atoms with Gasteiger partial charge in [0.1, 0.15) is 12.6 Å². The van der Waals surface area contributed by atoms with E-state index in [9.17, 15) is 28.1 Å². The number of amides is 2. The van der Waals surface area contributed by atoms with Crippen molar-refractivity contribution in [2.45, 2.75) is 64.6 Å². The maximum absolute atomic E-state index is 14.3. The van der Waals surface area contributed by atoms with E-state index in [0.717, 1.165) is 59.0 Å². The predicted octanol–water partition coefficient (Wildman–Crippen LogP) is 4.68. The number of sulfonamides is 1. The Kier molecular flexibility index (Phi) is 10.2. The maximum Gasteiger partial charge on any atom is 0.271 e. The van der Waals surface area contributed by atoms with Crippen molar-refractivity contribution in [2.24, 2.45) is 0 Å². The zero-order valence-corrected chi connectivity index (χ0v) is 25.5. The molecule has 4 rings (SSSR count). The molecule has 228 valence electrons. The van der Waals surface area contributed by atoms with Gasteiger partial charge in [-0.05, 0) is 43.4 Å². The van der Waals surface area contributed by atoms with Crippen LogP contribution in [0.2, 0.25) is 0 Å². The number of carbonyl (C=O) groups is 2. The molecule has 0 spiro atoms. The van der Waals surface area contributed by atoms with E-state index in [2.05, 4.69) is 5.32 Å². The Balaban J connectivity index is 1.76. The van der Waals surface area contributed by atoms with Crippen molar-refractivity contribution in [2.75, 3.05) is 17.1 Å². The van der Waals surface area contributed by atoms with Gasteiger partial charge in [0.05, 0.1) is 16.9 Å². The highest BCUT2D eigenvalue weighted by Gasteiger charge is 2.34. The molecule has 0 saturated heterocycles. The Bertz CT molecular complexity index is 1570. The molecule has 1 saturated carbocycles. The van der Waals surface area contributed by atoms with Gasteiger partial charge >= 0.3 is 0 Å². The van der Waals surface area contributed by atoms with Crippen LogP contribution >= 0.6 is 0 Å². The molecule has 0 aliphatic heterocycles. The van der Waals surface area contributed by atoms with Gasteiger partial charge < -0.3 is 10.2 Å². The fraction of sp³-hybridized carbons (Fsp3) is 0.375. The van der Waals surface area contributed by atoms with Crippen molar-refractivity contribution in [1.29, 1.82) is 0 Å². The van der Waals surface area contributed by atoms with Crippen molar-refractivity contribution in [3.63, 3.8) is 0 Å². The minimum absolute atomic E-state index is 0.0155. The number of carbonyl (C=O) groups excluding carboxylic acids is 2. The van der Waals surface area contributed by atoms with Gasteiger partial charge in [-0.15, -0.1) is 0 Å². The third kappa shape index (κ3) is 8.41. The largest absolute Gasteiger partial charge is 0.352 e. The summed E-state index contributed by atoms with van der Waals surface area (Å²) in [7, 11) is -4.05. The second kappa shape index (κ2) is 13.8. The number of hydrogen-bond acceptors (Lipinski definition) is 6. The number of nitrogens with one attached hydrogen (secondary N) is 1. The van der Waals surface area contributed by atoms with Gasteiger partial charge in [-0.3, -0.25) is 24.0 Å². The molecule has 3 aromatic rings. The highest BCUT2D eigenvalue weighted by molar-refractivity contribution is 7.92. The Labute approximate surface area is 252 Å². The van der Waals surface area contributed by atoms with Gasteiger partial charge in [0, 0.05) is 31.1 Å². The number of hydrogen-bond donors (Lipinski definition) is 1. The predicted molar refractivity (Wildman–Crippen MR) is 166 cm³/mol. The SMILES string of the molecule is Cc1cccc(CN(C(=O)CN(c2cc([N+](=O)[O-])ccc2C)S(C)(=O)=O)C(Cc2ccccc2)C(=O)NC2CCCC2)c1. The number of non-ortho nitro benzene ring substituents is 1. The molecule has 2 amide bonds. The highest BCUT2D eigenvalue weighted by atomic mass is 32.2. The molecule has 0 radical (unpaired) electrons. The fourth-order valence-corrected chi connectivity index (χ4v) is 6.40. The van der Waals surface area contributed by atoms with Crippen LogP contribution in [0.1, 0.15) is 47.9 Å². The van der Waals surface area contributed by atoms with Crippen LogP contribution < -0.4 is 9.62 Å². The topological polar surface area (TPSA) is 130 Å². The van der Waals surface area contributed by atoms with Crippen LogP contribution in [0.4, 0.5) is 11.4 Å². The summed E-state index contributed by atoms with van der Waals surface area (Å²) in [5, 5.41) is 14.6. The number of nitro benzene ring substituents is 1. The summed E-state index contributed by atoms with van der Waals surface area (Å²) in [6.07, 6.45) is 4.95. The zero-order chi connectivity index (χ0) is 31.1. The van der Waals surface area contributed by atoms with Crippen molar-refractivity contribution in [1.82, 2.24) is 10.2 Å². The van der Waals surface area contributed by atoms with Crippen LogP contribution in [-0.2, 0) is 32.6 Å². The molecular formula is C32H38N4O6S. The van der Waals surface area contributed by atoms with E-state index in [1.807, 2.05) is 61.5 Å². The summed E-state index contributed by atoms with van der Waals surface area (Å²) in [4.78, 5) is 40.5. The fourth-order valence-electron chi connectivity index (χ4n) is 5.50. The average Bonchev–Trinajstić information content (AvgIpc) is 3.47. The van der Waals surface area contributed by atoms with Crippen LogP contribution in [0, 0.1) is 24.0 Å². The molecule has 10 nitrogen and oxygen atoms in total. The number of nitro groups is 1. The Morgan fingerprint density at radius 3 is 2.28 bits per heavy atom. The van der Waals surface area contributed by atoms with Crippen LogP contribution in [0.3, 0.4) is 0 Å². The standard InChI is InChI=1S/C32H38N4O6S/c1-23-10-9-13-26(18-23)21-34(30(19-25-11-5-4-6-12-25)32(38)33-27-14-7-8-15-27)31(37)22-35(43(3,41)42)29-20-28(36(39)40)17-16-24(29)2/h4-6,9-13,16-18,20,27,30H,7-8,14-15,19,21-22H2,1-3H3,(H,33,38). The van der Waals surface area contributed by atoms with E-state index in [1.54, 1.807) is 6.92 Å². The smallest absolute Gasteiger partial charge is 0.271 e. The molecule has 0 heterocycles. The van der Waals surface area contributed by atoms with Gasteiger partial charge in [0.25, 0.3) is 5.69 Å². The normalized spacial score (nSPS) is 14.2. The van der Waals surface area contributed by atoms with Gasteiger partial charge in [-0.1, -0.05) is 79.1 Å². The molecule has 11 heteroatoms. The van der Waals surface area contributed by atoms with Crippen molar-refractivity contribution >= 4 is 33.2 Å². The van der Waals surface area contributed by atoms with Crippen LogP contribution in [-0.4, -0.2) is 54.9 Å². The van der Waals surface area contributed by atoms with E-state index in [1.165, 1.54) is 17.0 Å². The number of aryl methyl sites for hydroxylation is 2. The second-order valence-electron chi connectivity index (χ2n) is 11.2. The number of rotatable bonds is 12. The monoisotopic (exact) mass is 606 g/mol. The maximum atomic E-state index is 14.3. The van der Waals surface area contributed by atoms with Gasteiger partial charge in [0.2, 0.25) is 21.8 Å². The van der Waals surface area contributed by atoms with Gasteiger partial charge in [-0.25, -0.2) is 8.42 Å². The average molecular weight is 607 g/mol. The van der Waals surface area contributed by atoms with E-state index in [4.69, 9.17) is 0 Å². The lowest BCUT2D eigenvalue weighted by molar-refractivity contribution is -0.384. The lowest BCUT2D eigenvalue weighted by atomic mass is 10.0. The Hall–Kier alpha value is -4.25. The number of anilines is 1. The summed E-state index contributed by atoms with van der Waals surface area (Å²) in [6, 6.07) is 20.0. The van der Waals surface area contributed by atoms with Crippen molar-refractivity contribution < 1.29 is 22.9 Å². The first-order chi connectivity index (χ1) is 20.4. The van der Waals surface area contributed by atoms with Crippen molar-refractivity contribution in [3.8, 4) is 0 Å². The zero-order valence-electron chi connectivity index (χ0n) is 24.7. The minimum Gasteiger partial charge on any atom is -0.352 e. The summed E-state index contributed by atoms with van der Waals surface area (Å²) in [6.45, 7) is 3.00. The summed E-state index contributed by atoms with van der Waals surface area (Å²) < 4.78 is 27.0. The molecule has 1 aliphatic carbocycles. The Morgan fingerprint density at radius 1 is 0.977 bits per heavy atom. The molecule has 3 aromatic carbocycles. The van der Waals surface area contributed by atoms with Crippen LogP contribution in [0.25, 0.3) is 0 Å². The summed E-state index contributed by atoms with van der Waals surface area (Å²) in [5.41, 5.74) is 2.81. The molecule has 43 heavy (non-hydrogen) atoms. The second-order valence-corrected chi connectivity index (χ2v) is 13.1. The highest BCUT2D eigenvalue weighted by Crippen LogP contribution is 2.28. The molecule has 1 fully saturated rings. The van der Waals surface area contributed by atoms with Crippen LogP contribution in [0.15, 0.2) is 72.8 Å². The molecule has 1 N–H and O–H groups in total. The number of benzene rings is 3. The molecule has 1 unspecified atom stereocenters. The van der Waals surface area contributed by atoms with Gasteiger partial charge in [0.15, 0.2) is 0 Å². The molecular weight excluding hydrogens is 568 g/mol. The van der Waals surface area contributed by atoms with E-state index < -0.39 is 33.4 Å². The molecule has 1 atom stereocenters. The third-order valence-corrected chi connectivity index (χ3v) is 8.89. The quantitative estimate of drug-likeness (QED) is 0.236. The first-order valence-electron chi connectivity index (χ1n) is 14.3. The van der Waals surface area contributed by atoms with Gasteiger partial charge in [-0.2, -0.15) is 0 Å². The van der Waals surface area contributed by atoms with E-state index >= 15 is 0 Å². The van der Waals surface area contributed by atoms with E-state index in [-0.39, 0.29) is 36.3 Å². The molecule has 0 bridgehead atoms. The number of nitrogens with zero attached hydrogens (tertiary/aromatic N) is 3. The van der Waals surface area contributed by atoms with E-state index in [0.29, 0.717) is 5.56 Å². The molecule has 1 aliphatic rings. The lowest BCUT2D eigenvalue weighted by Gasteiger charge is -2.34. The third-order valence-electron chi connectivity index (χ3n) is 7.76. The lowest BCUT2D eigenvalue weighted by Crippen LogP contribution is -2.54. The summed E-state index contributed by atoms with van der Waals surface area (Å²) in [5.74, 6) is -0.894. The summed E-state index contributed by atoms with van der Waals surface area (Å²) >= 11 is 0. The Morgan fingerprint density at radius 2 is 1.65 bits per heavy atom. The minimum atomic E-state index is -4.05. The molecule has 0 aromatic heterocycles. The van der Waals surface area contributed by atoms with Crippen molar-refractivity contribution in [3.05, 3.63) is 105 Å². The first-order valence-corrected chi connectivity index (χ1v) is 16.2. The first kappa shape index (κ1) is 31.7. The van der Waals surface area contributed by atoms with Crippen LogP contribution in [0.5, 0.6) is 0 Å².